The molecule has 2 heterocycles. The number of nitrogens with one attached hydrogen (secondary N) is 1. The first-order valence-corrected chi connectivity index (χ1v) is 9.77. The molecule has 1 N–H and O–H groups in total. The predicted molar refractivity (Wildman–Crippen MR) is 112 cm³/mol. The van der Waals surface area contributed by atoms with E-state index in [1.54, 1.807) is 19.2 Å². The van der Waals surface area contributed by atoms with Gasteiger partial charge in [0.1, 0.15) is 5.75 Å². The van der Waals surface area contributed by atoms with Gasteiger partial charge in [-0.2, -0.15) is 5.26 Å². The topological polar surface area (TPSA) is 65.9 Å². The summed E-state index contributed by atoms with van der Waals surface area (Å²) >= 11 is 5.05. The van der Waals surface area contributed by atoms with Gasteiger partial charge in [-0.05, 0) is 51.1 Å². The number of pyridine rings is 1. The van der Waals surface area contributed by atoms with Gasteiger partial charge in [-0.15, -0.1) is 11.3 Å². The summed E-state index contributed by atoms with van der Waals surface area (Å²) in [5.74, 6) is 0.638. The third kappa shape index (κ3) is 3.05. The summed E-state index contributed by atoms with van der Waals surface area (Å²) in [5.41, 5.74) is 3.28. The molecule has 0 amide bonds. The number of nitrogens with zero attached hydrogens (tertiary/aromatic N) is 1. The minimum absolute atomic E-state index is 0.174. The van der Waals surface area contributed by atoms with Crippen LogP contribution in [-0.4, -0.2) is 12.1 Å². The number of methoxy groups -OCH3 is 1. The molecule has 0 unspecified atom stereocenters. The molecule has 0 bridgehead atoms. The molecule has 0 radical (unpaired) electrons. The van der Waals surface area contributed by atoms with E-state index in [9.17, 15) is 10.1 Å². The zero-order valence-corrected chi connectivity index (χ0v) is 16.6. The molecule has 4 nitrogen and oxygen atoms in total. The molecule has 0 atom stereocenters. The minimum atomic E-state index is -0.174. The fraction of sp³-hybridized carbons (Fsp3) is 0.0476. The van der Waals surface area contributed by atoms with Crippen molar-refractivity contribution in [3.63, 3.8) is 0 Å². The quantitative estimate of drug-likeness (QED) is 0.456. The molecule has 0 aliphatic heterocycles. The molecule has 4 aromatic rings. The molecule has 0 aliphatic rings. The number of nitriles is 1. The first-order valence-electron chi connectivity index (χ1n) is 8.10. The summed E-state index contributed by atoms with van der Waals surface area (Å²) in [5, 5.41) is 12.1. The van der Waals surface area contributed by atoms with Gasteiger partial charge in [0.05, 0.1) is 34.3 Å². The van der Waals surface area contributed by atoms with Crippen LogP contribution in [0.5, 0.6) is 5.75 Å². The first-order chi connectivity index (χ1) is 13.1. The van der Waals surface area contributed by atoms with E-state index in [2.05, 4.69) is 27.0 Å². The number of aromatic amines is 1. The van der Waals surface area contributed by atoms with Crippen LogP contribution < -0.4 is 10.3 Å². The van der Waals surface area contributed by atoms with Crippen LogP contribution in [0.4, 0.5) is 0 Å². The van der Waals surface area contributed by atoms with E-state index < -0.39 is 0 Å². The lowest BCUT2D eigenvalue weighted by Crippen LogP contribution is -2.11. The minimum Gasteiger partial charge on any atom is -0.495 e. The van der Waals surface area contributed by atoms with E-state index in [0.717, 1.165) is 25.9 Å². The average molecular weight is 437 g/mol. The first kappa shape index (κ1) is 17.5. The Labute approximate surface area is 167 Å². The van der Waals surface area contributed by atoms with E-state index in [-0.39, 0.29) is 5.56 Å². The Bertz CT molecular complexity index is 1250. The van der Waals surface area contributed by atoms with E-state index in [1.807, 2.05) is 41.8 Å². The van der Waals surface area contributed by atoms with Crippen LogP contribution in [0, 0.1) is 11.3 Å². The molecule has 2 aromatic carbocycles. The maximum Gasteiger partial charge on any atom is 0.257 e. The van der Waals surface area contributed by atoms with E-state index in [0.29, 0.717) is 22.4 Å². The summed E-state index contributed by atoms with van der Waals surface area (Å²) in [6, 6.07) is 17.1. The third-order valence-corrected chi connectivity index (χ3v) is 5.84. The van der Waals surface area contributed by atoms with Crippen molar-refractivity contribution in [1.29, 1.82) is 5.26 Å². The Kier molecular flexibility index (Phi) is 4.56. The highest BCUT2D eigenvalue weighted by Gasteiger charge is 2.19. The number of benzene rings is 2. The van der Waals surface area contributed by atoms with Crippen LogP contribution in [-0.2, 0) is 0 Å². The highest BCUT2D eigenvalue weighted by molar-refractivity contribution is 9.10. The lowest BCUT2D eigenvalue weighted by molar-refractivity contribution is 0.412. The summed E-state index contributed by atoms with van der Waals surface area (Å²) < 4.78 is 6.16. The number of halogens is 1. The predicted octanol–water partition coefficient (Wildman–Crippen LogP) is 5.57. The van der Waals surface area contributed by atoms with E-state index in [4.69, 9.17) is 4.74 Å². The van der Waals surface area contributed by atoms with Crippen LogP contribution in [0.1, 0.15) is 5.56 Å². The monoisotopic (exact) mass is 436 g/mol. The standard InChI is InChI=1S/C21H13BrN2O2S/c1-26-17-10-16-14(9-15(17)22)19(13-5-2-4-12(8-13)11-23)20(21(25)24-16)18-6-3-7-27-18/h2-10H,1H3,(H,24,25). The molecule has 4 rings (SSSR count). The average Bonchev–Trinajstić information content (AvgIpc) is 3.21. The van der Waals surface area contributed by atoms with Gasteiger partial charge in [0.2, 0.25) is 0 Å². The SMILES string of the molecule is COc1cc2[nH]c(=O)c(-c3cccs3)c(-c3cccc(C#N)c3)c2cc1Br. The van der Waals surface area contributed by atoms with Crippen molar-refractivity contribution >= 4 is 38.2 Å². The Morgan fingerprint density at radius 1 is 1.15 bits per heavy atom. The maximum atomic E-state index is 13.0. The molecule has 0 fully saturated rings. The van der Waals surface area contributed by atoms with E-state index in [1.165, 1.54) is 11.3 Å². The van der Waals surface area contributed by atoms with Crippen LogP contribution in [0.2, 0.25) is 0 Å². The summed E-state index contributed by atoms with van der Waals surface area (Å²) in [6.07, 6.45) is 0. The number of aromatic nitrogens is 1. The fourth-order valence-electron chi connectivity index (χ4n) is 3.15. The van der Waals surface area contributed by atoms with Crippen LogP contribution >= 0.6 is 27.3 Å². The molecular formula is C21H13BrN2O2S. The number of hydrogen-bond donors (Lipinski definition) is 1. The van der Waals surface area contributed by atoms with Gasteiger partial charge < -0.3 is 9.72 Å². The number of fused-ring (bicyclic) bond motifs is 1. The Morgan fingerprint density at radius 3 is 2.70 bits per heavy atom. The van der Waals surface area contributed by atoms with Gasteiger partial charge >= 0.3 is 0 Å². The number of thiophene rings is 1. The van der Waals surface area contributed by atoms with Crippen LogP contribution in [0.3, 0.4) is 0 Å². The lowest BCUT2D eigenvalue weighted by Gasteiger charge is -2.14. The van der Waals surface area contributed by atoms with Gasteiger partial charge in [0.25, 0.3) is 5.56 Å². The Balaban J connectivity index is 2.18. The Morgan fingerprint density at radius 2 is 2.00 bits per heavy atom. The molecule has 132 valence electrons. The summed E-state index contributed by atoms with van der Waals surface area (Å²) in [6.45, 7) is 0. The van der Waals surface area contributed by atoms with Gasteiger partial charge in [0, 0.05) is 21.9 Å². The highest BCUT2D eigenvalue weighted by Crippen LogP contribution is 2.40. The van der Waals surface area contributed by atoms with Crippen molar-refractivity contribution in [2.24, 2.45) is 0 Å². The summed E-state index contributed by atoms with van der Waals surface area (Å²) in [4.78, 5) is 16.8. The van der Waals surface area contributed by atoms with Crippen molar-refractivity contribution in [3.8, 4) is 33.4 Å². The molecule has 0 spiro atoms. The van der Waals surface area contributed by atoms with Crippen molar-refractivity contribution in [3.05, 3.63) is 74.3 Å². The second kappa shape index (κ2) is 7.03. The molecule has 6 heteroatoms. The van der Waals surface area contributed by atoms with Crippen molar-refractivity contribution in [2.45, 2.75) is 0 Å². The Hall–Kier alpha value is -2.88. The third-order valence-electron chi connectivity index (χ3n) is 4.33. The highest BCUT2D eigenvalue weighted by atomic mass is 79.9. The molecule has 27 heavy (non-hydrogen) atoms. The van der Waals surface area contributed by atoms with E-state index >= 15 is 0 Å². The zero-order chi connectivity index (χ0) is 19.0. The van der Waals surface area contributed by atoms with Crippen LogP contribution in [0.15, 0.2) is 63.2 Å². The van der Waals surface area contributed by atoms with Gasteiger partial charge in [-0.1, -0.05) is 18.2 Å². The van der Waals surface area contributed by atoms with Crippen molar-refractivity contribution in [2.75, 3.05) is 7.11 Å². The number of hydrogen-bond acceptors (Lipinski definition) is 4. The fourth-order valence-corrected chi connectivity index (χ4v) is 4.43. The van der Waals surface area contributed by atoms with Gasteiger partial charge in [0.15, 0.2) is 0 Å². The second-order valence-corrected chi connectivity index (χ2v) is 7.71. The smallest absolute Gasteiger partial charge is 0.257 e. The zero-order valence-electron chi connectivity index (χ0n) is 14.2. The molecule has 2 aromatic heterocycles. The van der Waals surface area contributed by atoms with Crippen molar-refractivity contribution in [1.82, 2.24) is 4.98 Å². The van der Waals surface area contributed by atoms with Crippen LogP contribution in [0.25, 0.3) is 32.5 Å². The molecule has 0 saturated heterocycles. The number of rotatable bonds is 3. The van der Waals surface area contributed by atoms with Crippen molar-refractivity contribution < 1.29 is 4.74 Å². The largest absolute Gasteiger partial charge is 0.495 e. The number of ether oxygens (including phenoxy) is 1. The maximum absolute atomic E-state index is 13.0. The number of H-pyrrole nitrogens is 1. The van der Waals surface area contributed by atoms with Gasteiger partial charge in [-0.25, -0.2) is 0 Å². The normalized spacial score (nSPS) is 10.7. The molecule has 0 saturated carbocycles. The molecular weight excluding hydrogens is 424 g/mol. The van der Waals surface area contributed by atoms with Gasteiger partial charge in [-0.3, -0.25) is 4.79 Å². The summed E-state index contributed by atoms with van der Waals surface area (Å²) in [7, 11) is 1.58. The second-order valence-electron chi connectivity index (χ2n) is 5.91. The molecule has 0 aliphatic carbocycles. The lowest BCUT2D eigenvalue weighted by atomic mass is 9.94.